The van der Waals surface area contributed by atoms with E-state index in [1.807, 2.05) is 6.07 Å². The van der Waals surface area contributed by atoms with Gasteiger partial charge in [0.15, 0.2) is 0 Å². The summed E-state index contributed by atoms with van der Waals surface area (Å²) in [4.78, 5) is 18.8. The summed E-state index contributed by atoms with van der Waals surface area (Å²) < 4.78 is 36.5. The minimum Gasteiger partial charge on any atom is -0.461 e. The van der Waals surface area contributed by atoms with E-state index < -0.39 is 53.8 Å². The van der Waals surface area contributed by atoms with Crippen molar-refractivity contribution in [2.24, 2.45) is 17.8 Å². The van der Waals surface area contributed by atoms with Crippen molar-refractivity contribution in [1.82, 2.24) is 9.88 Å². The second-order valence-electron chi connectivity index (χ2n) is 8.18. The van der Waals surface area contributed by atoms with Crippen LogP contribution in [0.2, 0.25) is 0 Å². The van der Waals surface area contributed by atoms with Crippen LogP contribution < -0.4 is 0 Å². The Morgan fingerprint density at radius 3 is 2.68 bits per heavy atom. The molecule has 0 bridgehead atoms. The Balaban J connectivity index is 1.73. The van der Waals surface area contributed by atoms with Gasteiger partial charge in [-0.3, -0.25) is 14.7 Å². The van der Waals surface area contributed by atoms with Crippen molar-refractivity contribution in [2.75, 3.05) is 13.1 Å². The number of pyridine rings is 1. The van der Waals surface area contributed by atoms with Gasteiger partial charge in [-0.25, -0.2) is 8.78 Å². The summed E-state index contributed by atoms with van der Waals surface area (Å²) in [5, 5.41) is 9.73. The molecule has 4 rings (SSSR count). The van der Waals surface area contributed by atoms with Crippen LogP contribution in [0, 0.1) is 17.8 Å². The number of esters is 1. The zero-order valence-electron chi connectivity index (χ0n) is 15.7. The number of cyclic esters (lactones) is 1. The number of β-amino-alcohol motifs (C(OH)–C–C–N with tert-alkyl or cyclic N) is 1. The monoisotopic (exact) mass is 456 g/mol. The van der Waals surface area contributed by atoms with Gasteiger partial charge in [-0.05, 0) is 47.0 Å². The van der Waals surface area contributed by atoms with E-state index in [4.69, 9.17) is 4.74 Å². The molecule has 0 aromatic carbocycles. The van der Waals surface area contributed by atoms with E-state index in [0.717, 1.165) is 4.47 Å². The first-order valence-corrected chi connectivity index (χ1v) is 10.3. The molecule has 2 aliphatic heterocycles. The average molecular weight is 457 g/mol. The Kier molecular flexibility index (Phi) is 4.87. The molecule has 3 fully saturated rings. The van der Waals surface area contributed by atoms with Gasteiger partial charge < -0.3 is 9.84 Å². The first-order valence-electron chi connectivity index (χ1n) is 9.47. The van der Waals surface area contributed by atoms with Crippen molar-refractivity contribution >= 4 is 28.0 Å². The Morgan fingerprint density at radius 1 is 1.36 bits per heavy atom. The molecule has 8 heteroatoms. The van der Waals surface area contributed by atoms with Gasteiger partial charge in [0.25, 0.3) is 5.92 Å². The predicted octanol–water partition coefficient (Wildman–Crippen LogP) is 3.13. The highest BCUT2D eigenvalue weighted by Crippen LogP contribution is 2.57. The zero-order valence-corrected chi connectivity index (χ0v) is 17.3. The lowest BCUT2D eigenvalue weighted by molar-refractivity contribution is -0.195. The summed E-state index contributed by atoms with van der Waals surface area (Å²) >= 11 is 3.33. The number of likely N-dealkylation sites (tertiary alicyclic amines) is 1. The first kappa shape index (κ1) is 19.9. The van der Waals surface area contributed by atoms with E-state index >= 15 is 8.78 Å². The molecule has 3 aliphatic rings. The lowest BCUT2D eigenvalue weighted by atomic mass is 9.59. The molecule has 2 saturated heterocycles. The number of aromatic nitrogens is 1. The fourth-order valence-corrected chi connectivity index (χ4v) is 5.25. The molecular formula is C20H23BrF2N2O3. The normalized spacial score (nSPS) is 38.3. The number of halogens is 3. The number of rotatable bonds is 3. The molecule has 152 valence electrons. The molecule has 0 unspecified atom stereocenters. The van der Waals surface area contributed by atoms with E-state index in [-0.39, 0.29) is 13.1 Å². The summed E-state index contributed by atoms with van der Waals surface area (Å²) in [5.74, 6) is -5.53. The maximum absolute atomic E-state index is 15.1. The minimum absolute atomic E-state index is 0.216. The fourth-order valence-electron chi connectivity index (χ4n) is 5.02. The second-order valence-corrected chi connectivity index (χ2v) is 9.10. The number of carbonyl (C=O) groups is 1. The third-order valence-electron chi connectivity index (χ3n) is 6.53. The molecule has 0 radical (unpaired) electrons. The number of carbonyl (C=O) groups excluding carboxylic acids is 1. The van der Waals surface area contributed by atoms with Crippen LogP contribution in [0.5, 0.6) is 0 Å². The maximum Gasteiger partial charge on any atom is 0.327 e. The highest BCUT2D eigenvalue weighted by Gasteiger charge is 2.71. The molecule has 1 saturated carbocycles. The zero-order chi connectivity index (χ0) is 20.3. The average Bonchev–Trinajstić information content (AvgIpc) is 2.84. The van der Waals surface area contributed by atoms with Crippen LogP contribution in [0.1, 0.15) is 26.0 Å². The largest absolute Gasteiger partial charge is 0.461 e. The quantitative estimate of drug-likeness (QED) is 0.707. The van der Waals surface area contributed by atoms with Gasteiger partial charge >= 0.3 is 5.97 Å². The van der Waals surface area contributed by atoms with Gasteiger partial charge in [0, 0.05) is 42.0 Å². The number of nitrogens with zero attached hydrogens (tertiary/aromatic N) is 2. The molecule has 1 aromatic heterocycles. The molecule has 1 N–H and O–H groups in total. The molecule has 1 aliphatic carbocycles. The number of ether oxygens (including phenoxy) is 1. The van der Waals surface area contributed by atoms with Crippen molar-refractivity contribution in [3.05, 3.63) is 34.6 Å². The lowest BCUT2D eigenvalue weighted by Crippen LogP contribution is -2.72. The van der Waals surface area contributed by atoms with Crippen LogP contribution in [0.15, 0.2) is 28.9 Å². The SMILES string of the molecule is C[C@H]1OC(=O)[C@]2(N3CC(O)C3)CC(F)(F)[C@@H](C)[C@H](C=Cc3ccc(Br)cn3)[C@H]12. The summed E-state index contributed by atoms with van der Waals surface area (Å²) in [6.07, 6.45) is 3.50. The molecular weight excluding hydrogens is 434 g/mol. The summed E-state index contributed by atoms with van der Waals surface area (Å²) in [6, 6.07) is 3.63. The lowest BCUT2D eigenvalue weighted by Gasteiger charge is -2.55. The highest BCUT2D eigenvalue weighted by atomic mass is 79.9. The maximum atomic E-state index is 15.1. The van der Waals surface area contributed by atoms with E-state index in [2.05, 4.69) is 20.9 Å². The standard InChI is InChI=1S/C20H23BrF2N2O3/c1-11-16(6-5-14-4-3-13(21)7-24-14)17-12(2)28-18(27)19(17,10-20(11,22)23)25-8-15(26)9-25/h3-7,11-12,15-17,26H,8-10H2,1-2H3/t11-,12+,16-,17-,19-/m0/s1. The van der Waals surface area contributed by atoms with Crippen molar-refractivity contribution in [1.29, 1.82) is 0 Å². The van der Waals surface area contributed by atoms with Gasteiger partial charge in [0.1, 0.15) is 11.6 Å². The van der Waals surface area contributed by atoms with Gasteiger partial charge in [0.2, 0.25) is 0 Å². The van der Waals surface area contributed by atoms with Crippen LogP contribution in [-0.2, 0) is 9.53 Å². The Morgan fingerprint density at radius 2 is 2.07 bits per heavy atom. The molecule has 1 aromatic rings. The number of aliphatic hydroxyl groups excluding tert-OH is 1. The van der Waals surface area contributed by atoms with Crippen LogP contribution in [0.3, 0.4) is 0 Å². The molecule has 28 heavy (non-hydrogen) atoms. The molecule has 0 amide bonds. The fraction of sp³-hybridized carbons (Fsp3) is 0.600. The van der Waals surface area contributed by atoms with Gasteiger partial charge in [0.05, 0.1) is 11.8 Å². The molecule has 3 heterocycles. The number of aliphatic hydroxyl groups is 1. The van der Waals surface area contributed by atoms with Crippen molar-refractivity contribution in [2.45, 2.75) is 43.9 Å². The van der Waals surface area contributed by atoms with E-state index in [1.165, 1.54) is 6.92 Å². The minimum atomic E-state index is -3.03. The Hall–Kier alpha value is -1.38. The molecule has 0 spiro atoms. The molecule has 5 nitrogen and oxygen atoms in total. The van der Waals surface area contributed by atoms with E-state index in [1.54, 1.807) is 36.2 Å². The third kappa shape index (κ3) is 3.00. The van der Waals surface area contributed by atoms with E-state index in [0.29, 0.717) is 5.69 Å². The number of allylic oxidation sites excluding steroid dienone is 1. The van der Waals surface area contributed by atoms with Crippen LogP contribution in [0.4, 0.5) is 8.78 Å². The summed E-state index contributed by atoms with van der Waals surface area (Å²) in [7, 11) is 0. The van der Waals surface area contributed by atoms with Crippen molar-refractivity contribution in [3.63, 3.8) is 0 Å². The molecule has 5 atom stereocenters. The van der Waals surface area contributed by atoms with E-state index in [9.17, 15) is 9.90 Å². The highest BCUT2D eigenvalue weighted by molar-refractivity contribution is 9.10. The number of alkyl halides is 2. The van der Waals surface area contributed by atoms with Gasteiger partial charge in [-0.1, -0.05) is 13.0 Å². The topological polar surface area (TPSA) is 62.7 Å². The number of hydrogen-bond acceptors (Lipinski definition) is 5. The van der Waals surface area contributed by atoms with Gasteiger partial charge in [-0.15, -0.1) is 0 Å². The van der Waals surface area contributed by atoms with Crippen LogP contribution >= 0.6 is 15.9 Å². The number of fused-ring (bicyclic) bond motifs is 1. The Bertz CT molecular complexity index is 797. The van der Waals surface area contributed by atoms with Crippen LogP contribution in [0.25, 0.3) is 6.08 Å². The van der Waals surface area contributed by atoms with Gasteiger partial charge in [-0.2, -0.15) is 0 Å². The van der Waals surface area contributed by atoms with Crippen molar-refractivity contribution < 1.29 is 23.4 Å². The third-order valence-corrected chi connectivity index (χ3v) is 7.00. The summed E-state index contributed by atoms with van der Waals surface area (Å²) in [5.41, 5.74) is -0.733. The Labute approximate surface area is 170 Å². The van der Waals surface area contributed by atoms with Crippen molar-refractivity contribution in [3.8, 4) is 0 Å². The smallest absolute Gasteiger partial charge is 0.327 e. The predicted molar refractivity (Wildman–Crippen MR) is 103 cm³/mol. The first-order chi connectivity index (χ1) is 13.1. The summed E-state index contributed by atoms with van der Waals surface area (Å²) in [6.45, 7) is 3.74. The second kappa shape index (κ2) is 6.85. The van der Waals surface area contributed by atoms with Crippen LogP contribution in [-0.4, -0.2) is 57.7 Å². The number of hydrogen-bond donors (Lipinski definition) is 1.